The van der Waals surface area contributed by atoms with E-state index in [9.17, 15) is 9.90 Å². The van der Waals surface area contributed by atoms with Crippen LogP contribution < -0.4 is 4.90 Å². The van der Waals surface area contributed by atoms with E-state index in [1.807, 2.05) is 36.4 Å². The van der Waals surface area contributed by atoms with Crippen molar-refractivity contribution in [2.45, 2.75) is 62.7 Å². The van der Waals surface area contributed by atoms with E-state index in [-0.39, 0.29) is 0 Å². The molecule has 6 heteroatoms. The van der Waals surface area contributed by atoms with Crippen LogP contribution in [-0.2, 0) is 0 Å². The van der Waals surface area contributed by atoms with Gasteiger partial charge in [0.25, 0.3) is 6.01 Å². The third-order valence-corrected chi connectivity index (χ3v) is 8.57. The molecule has 1 atom stereocenters. The molecule has 1 aromatic heterocycles. The molecule has 0 amide bonds. The molecule has 1 unspecified atom stereocenters. The SMILES string of the molecule is O=C(O)c1ccccc1SCCN(CCCCCCCC1CC12CC2)c1nc2ccccc2o1. The van der Waals surface area contributed by atoms with E-state index in [1.165, 1.54) is 51.4 Å². The number of benzene rings is 2. The molecule has 0 saturated heterocycles. The van der Waals surface area contributed by atoms with Crippen LogP contribution in [0.4, 0.5) is 6.01 Å². The van der Waals surface area contributed by atoms with Gasteiger partial charge in [0.1, 0.15) is 5.52 Å². The van der Waals surface area contributed by atoms with Gasteiger partial charge in [-0.1, -0.05) is 49.9 Å². The molecule has 34 heavy (non-hydrogen) atoms. The van der Waals surface area contributed by atoms with Crippen molar-refractivity contribution in [3.05, 3.63) is 54.1 Å². The molecule has 3 aromatic rings. The van der Waals surface area contributed by atoms with E-state index in [4.69, 9.17) is 9.40 Å². The Hall–Kier alpha value is -2.47. The molecule has 0 radical (unpaired) electrons. The van der Waals surface area contributed by atoms with E-state index in [2.05, 4.69) is 4.90 Å². The number of hydrogen-bond donors (Lipinski definition) is 1. The van der Waals surface area contributed by atoms with Crippen LogP contribution in [0.1, 0.15) is 68.1 Å². The highest BCUT2D eigenvalue weighted by molar-refractivity contribution is 7.99. The van der Waals surface area contributed by atoms with E-state index in [1.54, 1.807) is 23.9 Å². The summed E-state index contributed by atoms with van der Waals surface area (Å²) in [5.74, 6) is 0.949. The Bertz CT molecular complexity index is 1090. The van der Waals surface area contributed by atoms with Gasteiger partial charge in [0.2, 0.25) is 0 Å². The summed E-state index contributed by atoms with van der Waals surface area (Å²) in [7, 11) is 0. The van der Waals surface area contributed by atoms with Gasteiger partial charge in [-0.05, 0) is 67.7 Å². The Morgan fingerprint density at radius 1 is 1.03 bits per heavy atom. The molecule has 5 rings (SSSR count). The summed E-state index contributed by atoms with van der Waals surface area (Å²) < 4.78 is 6.06. The standard InChI is InChI=1S/C28H34N2O3S/c31-26(32)22-11-5-8-14-25(22)34-19-18-30(27-29-23-12-6-7-13-24(23)33-27)17-9-3-1-2-4-10-21-20-28(21)15-16-28/h5-8,11-14,21H,1-4,9-10,15-20H2,(H,31,32). The summed E-state index contributed by atoms with van der Waals surface area (Å²) in [4.78, 5) is 19.3. The summed E-state index contributed by atoms with van der Waals surface area (Å²) in [6.45, 7) is 1.66. The molecule has 1 spiro atoms. The van der Waals surface area contributed by atoms with Gasteiger partial charge in [0.15, 0.2) is 5.58 Å². The molecule has 2 aliphatic rings. The van der Waals surface area contributed by atoms with E-state index in [0.29, 0.717) is 11.6 Å². The largest absolute Gasteiger partial charge is 0.478 e. The van der Waals surface area contributed by atoms with Crippen molar-refractivity contribution in [3.63, 3.8) is 0 Å². The number of para-hydroxylation sites is 2. The second-order valence-corrected chi connectivity index (χ2v) is 11.1. The van der Waals surface area contributed by atoms with Crippen molar-refractivity contribution in [1.29, 1.82) is 0 Å². The second kappa shape index (κ2) is 10.4. The maximum absolute atomic E-state index is 11.5. The number of aromatic carboxylic acids is 1. The van der Waals surface area contributed by atoms with Gasteiger partial charge >= 0.3 is 5.97 Å². The van der Waals surface area contributed by atoms with E-state index in [0.717, 1.165) is 52.6 Å². The third-order valence-electron chi connectivity index (χ3n) is 7.52. The number of carboxylic acid groups (broad SMARTS) is 1. The number of unbranched alkanes of at least 4 members (excludes halogenated alkanes) is 4. The highest BCUT2D eigenvalue weighted by Crippen LogP contribution is 2.72. The average molecular weight is 479 g/mol. The maximum Gasteiger partial charge on any atom is 0.336 e. The molecule has 2 aromatic carbocycles. The first kappa shape index (κ1) is 23.3. The molecule has 2 fully saturated rings. The molecule has 2 aliphatic carbocycles. The van der Waals surface area contributed by atoms with Gasteiger partial charge in [-0.15, -0.1) is 11.8 Å². The Labute approximate surface area is 205 Å². The van der Waals surface area contributed by atoms with Crippen LogP contribution in [0.15, 0.2) is 57.8 Å². The zero-order valence-corrected chi connectivity index (χ0v) is 20.6. The number of aromatic nitrogens is 1. The molecule has 1 heterocycles. The minimum Gasteiger partial charge on any atom is -0.478 e. The minimum atomic E-state index is -0.882. The fourth-order valence-electron chi connectivity index (χ4n) is 5.17. The predicted molar refractivity (Wildman–Crippen MR) is 138 cm³/mol. The van der Waals surface area contributed by atoms with Crippen LogP contribution in [0.5, 0.6) is 0 Å². The lowest BCUT2D eigenvalue weighted by Gasteiger charge is -2.20. The molecule has 0 bridgehead atoms. The van der Waals surface area contributed by atoms with Gasteiger partial charge in [0.05, 0.1) is 5.56 Å². The number of nitrogens with zero attached hydrogens (tertiary/aromatic N) is 2. The normalized spacial score (nSPS) is 17.8. The lowest BCUT2D eigenvalue weighted by molar-refractivity contribution is 0.0693. The number of carboxylic acids is 1. The van der Waals surface area contributed by atoms with Crippen LogP contribution >= 0.6 is 11.8 Å². The summed E-state index contributed by atoms with van der Waals surface area (Å²) >= 11 is 1.58. The number of fused-ring (bicyclic) bond motifs is 1. The summed E-state index contributed by atoms with van der Waals surface area (Å²) in [6.07, 6.45) is 12.3. The highest BCUT2D eigenvalue weighted by atomic mass is 32.2. The first-order chi connectivity index (χ1) is 16.6. The topological polar surface area (TPSA) is 66.6 Å². The number of thioether (sulfide) groups is 1. The quantitative estimate of drug-likeness (QED) is 0.194. The van der Waals surface area contributed by atoms with Crippen LogP contribution in [0, 0.1) is 11.3 Å². The third kappa shape index (κ3) is 5.60. The van der Waals surface area contributed by atoms with Crippen LogP contribution in [-0.4, -0.2) is 34.9 Å². The molecule has 1 N–H and O–H groups in total. The van der Waals surface area contributed by atoms with Gasteiger partial charge in [-0.3, -0.25) is 0 Å². The van der Waals surface area contributed by atoms with Crippen molar-refractivity contribution < 1.29 is 14.3 Å². The zero-order chi connectivity index (χ0) is 23.4. The summed E-state index contributed by atoms with van der Waals surface area (Å²) in [5, 5.41) is 9.45. The van der Waals surface area contributed by atoms with Gasteiger partial charge in [-0.2, -0.15) is 4.98 Å². The number of hydrogen-bond acceptors (Lipinski definition) is 5. The average Bonchev–Trinajstić information content (AvgIpc) is 3.72. The molecular formula is C28H34N2O3S. The fraction of sp³-hybridized carbons (Fsp3) is 0.500. The smallest absolute Gasteiger partial charge is 0.336 e. The Morgan fingerprint density at radius 2 is 1.79 bits per heavy atom. The number of carbonyl (C=O) groups is 1. The van der Waals surface area contributed by atoms with Gasteiger partial charge in [-0.25, -0.2) is 4.79 Å². The molecule has 2 saturated carbocycles. The van der Waals surface area contributed by atoms with Crippen LogP contribution in [0.3, 0.4) is 0 Å². The molecule has 0 aliphatic heterocycles. The number of oxazole rings is 1. The minimum absolute atomic E-state index is 0.361. The summed E-state index contributed by atoms with van der Waals surface area (Å²) in [5.41, 5.74) is 2.89. The van der Waals surface area contributed by atoms with E-state index < -0.39 is 5.97 Å². The van der Waals surface area contributed by atoms with Gasteiger partial charge in [0, 0.05) is 23.7 Å². The lowest BCUT2D eigenvalue weighted by atomic mass is 10.1. The van der Waals surface area contributed by atoms with Crippen molar-refractivity contribution in [2.75, 3.05) is 23.7 Å². The van der Waals surface area contributed by atoms with Crippen molar-refractivity contribution in [1.82, 2.24) is 4.98 Å². The zero-order valence-electron chi connectivity index (χ0n) is 19.7. The molecular weight excluding hydrogens is 444 g/mol. The Balaban J connectivity index is 1.12. The van der Waals surface area contributed by atoms with Crippen molar-refractivity contribution in [2.24, 2.45) is 11.3 Å². The lowest BCUT2D eigenvalue weighted by Crippen LogP contribution is -2.27. The molecule has 5 nitrogen and oxygen atoms in total. The van der Waals surface area contributed by atoms with Gasteiger partial charge < -0.3 is 14.4 Å². The number of rotatable bonds is 14. The number of anilines is 1. The van der Waals surface area contributed by atoms with Crippen molar-refractivity contribution >= 4 is 34.8 Å². The highest BCUT2D eigenvalue weighted by Gasteiger charge is 2.61. The predicted octanol–water partition coefficient (Wildman–Crippen LogP) is 7.27. The van der Waals surface area contributed by atoms with Crippen LogP contribution in [0.2, 0.25) is 0 Å². The first-order valence-corrected chi connectivity index (χ1v) is 13.7. The first-order valence-electron chi connectivity index (χ1n) is 12.7. The summed E-state index contributed by atoms with van der Waals surface area (Å²) in [6, 6.07) is 15.7. The Morgan fingerprint density at radius 3 is 2.59 bits per heavy atom. The second-order valence-electron chi connectivity index (χ2n) is 9.92. The Kier molecular flexibility index (Phi) is 7.14. The fourth-order valence-corrected chi connectivity index (χ4v) is 6.19. The maximum atomic E-state index is 11.5. The molecule has 180 valence electrons. The monoisotopic (exact) mass is 478 g/mol. The van der Waals surface area contributed by atoms with Crippen LogP contribution in [0.25, 0.3) is 11.1 Å². The van der Waals surface area contributed by atoms with E-state index >= 15 is 0 Å². The van der Waals surface area contributed by atoms with Crippen molar-refractivity contribution in [3.8, 4) is 0 Å².